The van der Waals surface area contributed by atoms with Crippen LogP contribution in [-0.2, 0) is 4.65 Å². The SMILES string of the molecule is O=C(O[B]O)c1cccc2ccccc12. The Morgan fingerprint density at radius 3 is 2.67 bits per heavy atom. The Labute approximate surface area is 87.6 Å². The average Bonchev–Trinajstić information content (AvgIpc) is 2.28. The number of carbonyl (C=O) groups is 1. The largest absolute Gasteiger partial charge is 0.571 e. The molecule has 2 rings (SSSR count). The summed E-state index contributed by atoms with van der Waals surface area (Å²) in [7, 11) is 0.393. The van der Waals surface area contributed by atoms with Crippen molar-refractivity contribution < 1.29 is 14.5 Å². The quantitative estimate of drug-likeness (QED) is 0.745. The molecule has 73 valence electrons. The molecule has 0 saturated carbocycles. The van der Waals surface area contributed by atoms with E-state index in [4.69, 9.17) is 5.02 Å². The van der Waals surface area contributed by atoms with Gasteiger partial charge in [-0.2, -0.15) is 0 Å². The molecule has 0 bridgehead atoms. The van der Waals surface area contributed by atoms with Gasteiger partial charge >= 0.3 is 13.7 Å². The number of hydrogen-bond donors (Lipinski definition) is 1. The van der Waals surface area contributed by atoms with Gasteiger partial charge in [-0.05, 0) is 16.8 Å². The third kappa shape index (κ3) is 1.85. The van der Waals surface area contributed by atoms with E-state index in [0.717, 1.165) is 10.8 Å². The molecule has 0 aromatic heterocycles. The molecule has 2 aromatic carbocycles. The van der Waals surface area contributed by atoms with Gasteiger partial charge in [-0.25, -0.2) is 4.79 Å². The van der Waals surface area contributed by atoms with Crippen molar-refractivity contribution in [2.75, 3.05) is 0 Å². The number of rotatable bonds is 2. The summed E-state index contributed by atoms with van der Waals surface area (Å²) in [5.74, 6) is -0.561. The number of hydrogen-bond acceptors (Lipinski definition) is 3. The minimum absolute atomic E-state index is 0.393. The van der Waals surface area contributed by atoms with Crippen molar-refractivity contribution >= 4 is 24.4 Å². The van der Waals surface area contributed by atoms with Crippen LogP contribution in [-0.4, -0.2) is 18.7 Å². The Morgan fingerprint density at radius 2 is 1.87 bits per heavy atom. The molecule has 3 nitrogen and oxygen atoms in total. The molecule has 0 amide bonds. The number of carbonyl (C=O) groups excluding carboxylic acids is 1. The van der Waals surface area contributed by atoms with Gasteiger partial charge in [0.2, 0.25) is 0 Å². The van der Waals surface area contributed by atoms with E-state index >= 15 is 0 Å². The second-order valence-corrected chi connectivity index (χ2v) is 3.04. The molecular weight excluding hydrogens is 191 g/mol. The van der Waals surface area contributed by atoms with Crippen LogP contribution in [0.3, 0.4) is 0 Å². The summed E-state index contributed by atoms with van der Waals surface area (Å²) >= 11 is 0. The highest BCUT2D eigenvalue weighted by atomic mass is 16.6. The zero-order chi connectivity index (χ0) is 10.7. The van der Waals surface area contributed by atoms with Crippen molar-refractivity contribution in [3.05, 3.63) is 48.0 Å². The highest BCUT2D eigenvalue weighted by Gasteiger charge is 2.10. The Balaban J connectivity index is 2.56. The van der Waals surface area contributed by atoms with Crippen LogP contribution in [0.1, 0.15) is 10.4 Å². The molecule has 15 heavy (non-hydrogen) atoms. The van der Waals surface area contributed by atoms with E-state index in [0.29, 0.717) is 13.2 Å². The van der Waals surface area contributed by atoms with Crippen LogP contribution in [0.4, 0.5) is 0 Å². The van der Waals surface area contributed by atoms with Crippen molar-refractivity contribution in [2.45, 2.75) is 0 Å². The van der Waals surface area contributed by atoms with E-state index in [9.17, 15) is 4.79 Å². The van der Waals surface area contributed by atoms with Crippen LogP contribution >= 0.6 is 0 Å². The topological polar surface area (TPSA) is 46.5 Å². The zero-order valence-electron chi connectivity index (χ0n) is 7.88. The van der Waals surface area contributed by atoms with Crippen molar-refractivity contribution in [3.63, 3.8) is 0 Å². The Kier molecular flexibility index (Phi) is 2.69. The molecule has 1 radical (unpaired) electrons. The van der Waals surface area contributed by atoms with E-state index in [-0.39, 0.29) is 0 Å². The molecule has 0 spiro atoms. The molecule has 0 unspecified atom stereocenters. The van der Waals surface area contributed by atoms with Crippen LogP contribution in [0.2, 0.25) is 0 Å². The van der Waals surface area contributed by atoms with Crippen LogP contribution in [0.5, 0.6) is 0 Å². The van der Waals surface area contributed by atoms with Crippen LogP contribution in [0.15, 0.2) is 42.5 Å². The zero-order valence-corrected chi connectivity index (χ0v) is 7.88. The summed E-state index contributed by atoms with van der Waals surface area (Å²) in [6, 6.07) is 12.8. The van der Waals surface area contributed by atoms with E-state index in [1.54, 1.807) is 12.1 Å². The maximum atomic E-state index is 11.4. The first-order chi connectivity index (χ1) is 7.33. The fourth-order valence-electron chi connectivity index (χ4n) is 1.51. The molecule has 0 aliphatic carbocycles. The molecule has 0 aliphatic heterocycles. The standard InChI is InChI=1S/C11H8BO3/c13-11(15-12-14)10-7-3-5-8-4-1-2-6-9(8)10/h1-7,14H. The van der Waals surface area contributed by atoms with Gasteiger partial charge in [-0.1, -0.05) is 36.4 Å². The molecular formula is C11H8BO3. The van der Waals surface area contributed by atoms with Crippen molar-refractivity contribution in [2.24, 2.45) is 0 Å². The molecule has 4 heteroatoms. The molecule has 0 heterocycles. The Bertz CT molecular complexity index is 491. The summed E-state index contributed by atoms with van der Waals surface area (Å²) in [4.78, 5) is 11.4. The lowest BCUT2D eigenvalue weighted by atomic mass is 10.0. The first-order valence-corrected chi connectivity index (χ1v) is 4.47. The van der Waals surface area contributed by atoms with Crippen LogP contribution in [0.25, 0.3) is 10.8 Å². The number of benzene rings is 2. The lowest BCUT2D eigenvalue weighted by molar-refractivity contribution is 0.0721. The van der Waals surface area contributed by atoms with Gasteiger partial charge < -0.3 is 9.68 Å². The third-order valence-corrected chi connectivity index (χ3v) is 2.17. The summed E-state index contributed by atoms with van der Waals surface area (Å²) in [5.41, 5.74) is 0.443. The highest BCUT2D eigenvalue weighted by Crippen LogP contribution is 2.18. The second kappa shape index (κ2) is 4.15. The van der Waals surface area contributed by atoms with E-state index in [1.165, 1.54) is 0 Å². The van der Waals surface area contributed by atoms with Crippen LogP contribution in [0, 0.1) is 0 Å². The monoisotopic (exact) mass is 199 g/mol. The molecule has 0 atom stereocenters. The minimum atomic E-state index is -0.561. The summed E-state index contributed by atoms with van der Waals surface area (Å²) in [6.07, 6.45) is 0. The van der Waals surface area contributed by atoms with Gasteiger partial charge in [-0.15, -0.1) is 0 Å². The predicted molar refractivity (Wildman–Crippen MR) is 57.3 cm³/mol. The number of fused-ring (bicyclic) bond motifs is 1. The lowest BCUT2D eigenvalue weighted by Crippen LogP contribution is -2.08. The third-order valence-electron chi connectivity index (χ3n) is 2.17. The lowest BCUT2D eigenvalue weighted by Gasteiger charge is -2.04. The van der Waals surface area contributed by atoms with Gasteiger partial charge in [-0.3, -0.25) is 0 Å². The summed E-state index contributed by atoms with van der Waals surface area (Å²) in [6.45, 7) is 0. The van der Waals surface area contributed by atoms with Gasteiger partial charge in [0.25, 0.3) is 0 Å². The Morgan fingerprint density at radius 1 is 1.13 bits per heavy atom. The molecule has 0 saturated heterocycles. The molecule has 2 aromatic rings. The van der Waals surface area contributed by atoms with Crippen LogP contribution < -0.4 is 0 Å². The fourth-order valence-corrected chi connectivity index (χ4v) is 1.51. The van der Waals surface area contributed by atoms with Crippen molar-refractivity contribution in [3.8, 4) is 0 Å². The van der Waals surface area contributed by atoms with Gasteiger partial charge in [0.15, 0.2) is 0 Å². The molecule has 0 fully saturated rings. The first kappa shape index (κ1) is 9.74. The fraction of sp³-hybridized carbons (Fsp3) is 0. The van der Waals surface area contributed by atoms with Crippen molar-refractivity contribution in [1.29, 1.82) is 0 Å². The molecule has 0 aliphatic rings. The van der Waals surface area contributed by atoms with Gasteiger partial charge in [0, 0.05) is 0 Å². The first-order valence-electron chi connectivity index (χ1n) is 4.47. The minimum Gasteiger partial charge on any atom is -0.507 e. The van der Waals surface area contributed by atoms with E-state index in [2.05, 4.69) is 4.65 Å². The maximum absolute atomic E-state index is 11.4. The second-order valence-electron chi connectivity index (χ2n) is 3.04. The highest BCUT2D eigenvalue weighted by molar-refractivity contribution is 6.23. The van der Waals surface area contributed by atoms with E-state index < -0.39 is 5.97 Å². The normalized spacial score (nSPS) is 9.93. The predicted octanol–water partition coefficient (Wildman–Crippen LogP) is 1.52. The average molecular weight is 199 g/mol. The summed E-state index contributed by atoms with van der Waals surface area (Å²) < 4.78 is 4.43. The smallest absolute Gasteiger partial charge is 0.507 e. The summed E-state index contributed by atoms with van der Waals surface area (Å²) in [5, 5.41) is 10.2. The van der Waals surface area contributed by atoms with Gasteiger partial charge in [0.05, 0.1) is 5.56 Å². The molecule has 1 N–H and O–H groups in total. The van der Waals surface area contributed by atoms with Crippen molar-refractivity contribution in [1.82, 2.24) is 0 Å². The van der Waals surface area contributed by atoms with Gasteiger partial charge in [0.1, 0.15) is 0 Å². The Hall–Kier alpha value is -1.81. The van der Waals surface area contributed by atoms with E-state index in [1.807, 2.05) is 30.3 Å². The maximum Gasteiger partial charge on any atom is 0.571 e.